The number of nitrogens with zero attached hydrogens (tertiary/aromatic N) is 1. The van der Waals surface area contributed by atoms with Crippen LogP contribution in [0.2, 0.25) is 0 Å². The first kappa shape index (κ1) is 19.2. The van der Waals surface area contributed by atoms with Crippen LogP contribution in [0.5, 0.6) is 0 Å². The average molecular weight is 366 g/mol. The summed E-state index contributed by atoms with van der Waals surface area (Å²) in [6.07, 6.45) is 1.60. The topological polar surface area (TPSA) is 84.1 Å². The van der Waals surface area contributed by atoms with Crippen molar-refractivity contribution in [2.24, 2.45) is 0 Å². The van der Waals surface area contributed by atoms with Gasteiger partial charge < -0.3 is 14.6 Å². The van der Waals surface area contributed by atoms with Crippen LogP contribution >= 0.6 is 0 Å². The Morgan fingerprint density at radius 1 is 1.28 bits per heavy atom. The monoisotopic (exact) mass is 366 g/mol. The zero-order valence-electron chi connectivity index (χ0n) is 14.8. The molecule has 2 aromatic rings. The van der Waals surface area contributed by atoms with Gasteiger partial charge in [0.05, 0.1) is 18.2 Å². The second-order valence-corrected chi connectivity index (χ2v) is 8.28. The number of rotatable bonds is 7. The van der Waals surface area contributed by atoms with Gasteiger partial charge in [0, 0.05) is 19.8 Å². The van der Waals surface area contributed by atoms with Gasteiger partial charge in [0.2, 0.25) is 10.0 Å². The molecule has 7 nitrogen and oxygen atoms in total. The molecule has 2 atom stereocenters. The Bertz CT molecular complexity index is 816. The molecule has 8 heteroatoms. The molecule has 0 saturated carbocycles. The van der Waals surface area contributed by atoms with Crippen molar-refractivity contribution >= 4 is 21.6 Å². The van der Waals surface area contributed by atoms with Crippen molar-refractivity contribution in [3.05, 3.63) is 48.4 Å². The molecule has 2 N–H and O–H groups in total. The third-order valence-corrected chi connectivity index (χ3v) is 5.86. The van der Waals surface area contributed by atoms with E-state index in [0.29, 0.717) is 12.2 Å². The SMILES string of the molecule is C[C@H](C(=O)Nc1cccc(S(=O)(=O)N(C)C)c1)[NH+](C)Cc1ccco1. The average Bonchev–Trinajstić information content (AvgIpc) is 3.07. The molecule has 2 rings (SSSR count). The highest BCUT2D eigenvalue weighted by molar-refractivity contribution is 7.89. The second-order valence-electron chi connectivity index (χ2n) is 6.13. The lowest BCUT2D eigenvalue weighted by Crippen LogP contribution is -3.12. The molecule has 1 unspecified atom stereocenters. The predicted octanol–water partition coefficient (Wildman–Crippen LogP) is 0.572. The highest BCUT2D eigenvalue weighted by atomic mass is 32.2. The number of quaternary nitrogens is 1. The summed E-state index contributed by atoms with van der Waals surface area (Å²) in [5.41, 5.74) is 0.450. The minimum absolute atomic E-state index is 0.138. The zero-order valence-corrected chi connectivity index (χ0v) is 15.6. The van der Waals surface area contributed by atoms with Crippen molar-refractivity contribution < 1.29 is 22.5 Å². The first-order chi connectivity index (χ1) is 11.7. The molecule has 0 aliphatic rings. The Hall–Kier alpha value is -2.16. The first-order valence-electron chi connectivity index (χ1n) is 7.90. The fourth-order valence-corrected chi connectivity index (χ4v) is 3.21. The Morgan fingerprint density at radius 2 is 2.00 bits per heavy atom. The molecule has 1 aromatic carbocycles. The fourth-order valence-electron chi connectivity index (χ4n) is 2.26. The number of hydrogen-bond donors (Lipinski definition) is 2. The Balaban J connectivity index is 2.07. The summed E-state index contributed by atoms with van der Waals surface area (Å²) in [6.45, 7) is 2.39. The molecule has 1 aromatic heterocycles. The molecule has 0 aliphatic heterocycles. The van der Waals surface area contributed by atoms with Gasteiger partial charge in [-0.15, -0.1) is 0 Å². The van der Waals surface area contributed by atoms with Gasteiger partial charge in [-0.3, -0.25) is 4.79 Å². The molecule has 0 spiro atoms. The van der Waals surface area contributed by atoms with Crippen LogP contribution in [-0.4, -0.2) is 45.8 Å². The number of nitrogens with one attached hydrogen (secondary N) is 2. The van der Waals surface area contributed by atoms with Gasteiger partial charge in [0.1, 0.15) is 6.54 Å². The molecule has 0 radical (unpaired) electrons. The van der Waals surface area contributed by atoms with Gasteiger partial charge in [-0.05, 0) is 37.3 Å². The number of carbonyl (C=O) groups is 1. The van der Waals surface area contributed by atoms with Crippen LogP contribution in [0.3, 0.4) is 0 Å². The van der Waals surface area contributed by atoms with Crippen LogP contribution in [0.25, 0.3) is 0 Å². The predicted molar refractivity (Wildman–Crippen MR) is 94.7 cm³/mol. The molecule has 25 heavy (non-hydrogen) atoms. The Morgan fingerprint density at radius 3 is 2.60 bits per heavy atom. The van der Waals surface area contributed by atoms with E-state index in [4.69, 9.17) is 4.42 Å². The number of furan rings is 1. The number of hydrogen-bond acceptors (Lipinski definition) is 4. The molecular formula is C17H24N3O4S+. The number of benzene rings is 1. The molecule has 0 fully saturated rings. The number of likely N-dealkylation sites (N-methyl/N-ethyl adjacent to an activating group) is 1. The molecule has 1 heterocycles. The minimum atomic E-state index is -3.54. The van der Waals surface area contributed by atoms with E-state index in [2.05, 4.69) is 5.32 Å². The normalized spacial score (nSPS) is 14.3. The largest absolute Gasteiger partial charge is 0.463 e. The Labute approximate surface area is 148 Å². The fraction of sp³-hybridized carbons (Fsp3) is 0.353. The van der Waals surface area contributed by atoms with E-state index in [1.165, 1.54) is 26.2 Å². The van der Waals surface area contributed by atoms with Gasteiger partial charge in [-0.1, -0.05) is 6.07 Å². The van der Waals surface area contributed by atoms with E-state index in [1.807, 2.05) is 26.1 Å². The summed E-state index contributed by atoms with van der Waals surface area (Å²) in [5.74, 6) is 0.611. The molecule has 1 amide bonds. The van der Waals surface area contributed by atoms with Crippen LogP contribution in [0.4, 0.5) is 5.69 Å². The molecule has 0 saturated heterocycles. The molecular weight excluding hydrogens is 342 g/mol. The van der Waals surface area contributed by atoms with Crippen molar-refractivity contribution in [3.63, 3.8) is 0 Å². The standard InChI is InChI=1S/C17H23N3O4S/c1-13(20(4)12-15-8-6-10-24-15)17(21)18-14-7-5-9-16(11-14)25(22,23)19(2)3/h5-11,13H,12H2,1-4H3,(H,18,21)/p+1/t13-/m1/s1. The van der Waals surface area contributed by atoms with Gasteiger partial charge in [-0.2, -0.15) is 0 Å². The summed E-state index contributed by atoms with van der Waals surface area (Å²) >= 11 is 0. The van der Waals surface area contributed by atoms with E-state index in [-0.39, 0.29) is 16.8 Å². The molecule has 0 bridgehead atoms. The zero-order chi connectivity index (χ0) is 18.6. The third kappa shape index (κ3) is 4.68. The van der Waals surface area contributed by atoms with Crippen LogP contribution in [0.15, 0.2) is 52.0 Å². The van der Waals surface area contributed by atoms with Crippen LogP contribution in [-0.2, 0) is 21.4 Å². The summed E-state index contributed by atoms with van der Waals surface area (Å²) in [6, 6.07) is 9.58. The highest BCUT2D eigenvalue weighted by Gasteiger charge is 2.23. The van der Waals surface area contributed by atoms with Crippen molar-refractivity contribution in [1.82, 2.24) is 4.31 Å². The van der Waals surface area contributed by atoms with E-state index < -0.39 is 10.0 Å². The van der Waals surface area contributed by atoms with Crippen molar-refractivity contribution in [2.75, 3.05) is 26.5 Å². The summed E-state index contributed by atoms with van der Waals surface area (Å²) < 4.78 is 30.8. The highest BCUT2D eigenvalue weighted by Crippen LogP contribution is 2.18. The lowest BCUT2D eigenvalue weighted by molar-refractivity contribution is -0.908. The quantitative estimate of drug-likeness (QED) is 0.750. The maximum absolute atomic E-state index is 12.5. The van der Waals surface area contributed by atoms with Gasteiger partial charge in [-0.25, -0.2) is 12.7 Å². The Kier molecular flexibility index (Phi) is 5.99. The van der Waals surface area contributed by atoms with Crippen LogP contribution in [0, 0.1) is 0 Å². The van der Waals surface area contributed by atoms with Crippen molar-refractivity contribution in [2.45, 2.75) is 24.4 Å². The number of anilines is 1. The van der Waals surface area contributed by atoms with Crippen molar-refractivity contribution in [3.8, 4) is 0 Å². The van der Waals surface area contributed by atoms with E-state index in [0.717, 1.165) is 15.0 Å². The molecule has 0 aliphatic carbocycles. The summed E-state index contributed by atoms with van der Waals surface area (Å²) in [7, 11) is 1.30. The maximum Gasteiger partial charge on any atom is 0.282 e. The third-order valence-electron chi connectivity index (χ3n) is 4.05. The summed E-state index contributed by atoms with van der Waals surface area (Å²) in [4.78, 5) is 13.6. The van der Waals surface area contributed by atoms with Gasteiger partial charge in [0.25, 0.3) is 5.91 Å². The van der Waals surface area contributed by atoms with E-state index >= 15 is 0 Å². The van der Waals surface area contributed by atoms with Crippen molar-refractivity contribution in [1.29, 1.82) is 0 Å². The second kappa shape index (κ2) is 7.81. The van der Waals surface area contributed by atoms with E-state index in [9.17, 15) is 13.2 Å². The number of carbonyl (C=O) groups excluding carboxylic acids is 1. The minimum Gasteiger partial charge on any atom is -0.463 e. The van der Waals surface area contributed by atoms with Crippen LogP contribution < -0.4 is 10.2 Å². The lowest BCUT2D eigenvalue weighted by atomic mass is 10.2. The van der Waals surface area contributed by atoms with E-state index in [1.54, 1.807) is 18.4 Å². The maximum atomic E-state index is 12.5. The van der Waals surface area contributed by atoms with Gasteiger partial charge >= 0.3 is 0 Å². The van der Waals surface area contributed by atoms with Crippen LogP contribution in [0.1, 0.15) is 12.7 Å². The van der Waals surface area contributed by atoms with Gasteiger partial charge in [0.15, 0.2) is 11.8 Å². The lowest BCUT2D eigenvalue weighted by Gasteiger charge is -2.20. The molecule has 136 valence electrons. The number of amides is 1. The first-order valence-corrected chi connectivity index (χ1v) is 9.34. The number of sulfonamides is 1. The smallest absolute Gasteiger partial charge is 0.282 e. The summed E-state index contributed by atoms with van der Waals surface area (Å²) in [5, 5.41) is 2.78.